The van der Waals surface area contributed by atoms with E-state index in [0.717, 1.165) is 109 Å². The van der Waals surface area contributed by atoms with Crippen LogP contribution in [-0.4, -0.2) is 177 Å². The van der Waals surface area contributed by atoms with Crippen molar-refractivity contribution in [3.8, 4) is 5.75 Å². The average molecular weight is 1670 g/mol. The lowest BCUT2D eigenvalue weighted by Gasteiger charge is -2.38. The third-order valence-electron chi connectivity index (χ3n) is 23.6. The second-order valence-corrected chi connectivity index (χ2v) is 32.5. The number of nitrogens with one attached hydrogen (secondary N) is 2. The van der Waals surface area contributed by atoms with Crippen LogP contribution in [0.1, 0.15) is 256 Å². The fourth-order valence-corrected chi connectivity index (χ4v) is 17.5. The quantitative estimate of drug-likeness (QED) is 0.0173. The van der Waals surface area contributed by atoms with Crippen LogP contribution in [0.5, 0.6) is 5.75 Å². The first-order valence-corrected chi connectivity index (χ1v) is 44.7. The lowest BCUT2D eigenvalue weighted by Crippen LogP contribution is -2.52. The molecular weight excluding hydrogens is 1540 g/mol. The highest BCUT2D eigenvalue weighted by atomic mass is 16.6. The maximum atomic E-state index is 13.3. The molecule has 4 fully saturated rings. The Kier molecular flexibility index (Phi) is 38.9. The number of anilines is 1. The first-order valence-electron chi connectivity index (χ1n) is 44.7. The molecule has 8 aromatic rings. The zero-order valence-corrected chi connectivity index (χ0v) is 73.6. The van der Waals surface area contributed by atoms with Crippen molar-refractivity contribution < 1.29 is 89.6 Å². The molecular formula is C100H133N7O15+4. The molecule has 122 heavy (non-hydrogen) atoms. The summed E-state index contributed by atoms with van der Waals surface area (Å²) in [7, 11) is 0. The summed E-state index contributed by atoms with van der Waals surface area (Å²) < 4.78 is 44.5. The predicted molar refractivity (Wildman–Crippen MR) is 474 cm³/mol. The molecule has 0 radical (unpaired) electrons. The molecule has 1 saturated carbocycles. The van der Waals surface area contributed by atoms with Crippen molar-refractivity contribution in [3.05, 3.63) is 255 Å². The molecule has 12 rings (SSSR count). The van der Waals surface area contributed by atoms with Gasteiger partial charge in [-0.3, -0.25) is 9.59 Å². The Balaban J connectivity index is 0.000000185. The van der Waals surface area contributed by atoms with Gasteiger partial charge in [-0.2, -0.15) is 4.68 Å². The summed E-state index contributed by atoms with van der Waals surface area (Å²) in [5.41, 5.74) is 8.71. The van der Waals surface area contributed by atoms with E-state index in [2.05, 4.69) is 92.9 Å². The number of rotatable bonds is 32. The van der Waals surface area contributed by atoms with E-state index < -0.39 is 35.8 Å². The van der Waals surface area contributed by atoms with Crippen molar-refractivity contribution in [1.29, 1.82) is 0 Å². The average Bonchev–Trinajstić information content (AvgIpc) is 1.08. The minimum Gasteiger partial charge on any atom is -0.492 e. The van der Waals surface area contributed by atoms with Crippen molar-refractivity contribution in [2.24, 2.45) is 0 Å². The van der Waals surface area contributed by atoms with Gasteiger partial charge >= 0.3 is 35.8 Å². The fraction of sp³-hybridized carbons (Fsp3) is 0.470. The summed E-state index contributed by atoms with van der Waals surface area (Å²) >= 11 is 0. The molecule has 0 spiro atoms. The second kappa shape index (κ2) is 49.9. The fourth-order valence-electron chi connectivity index (χ4n) is 17.5. The monoisotopic (exact) mass is 1670 g/mol. The number of aryl methyl sites for hydroxylation is 3. The number of para-hydroxylation sites is 1. The summed E-state index contributed by atoms with van der Waals surface area (Å²) in [6, 6.07) is 54.9. The van der Waals surface area contributed by atoms with Crippen molar-refractivity contribution in [1.82, 2.24) is 10.00 Å². The van der Waals surface area contributed by atoms with Crippen LogP contribution in [0, 0.1) is 20.8 Å². The molecule has 22 heteroatoms. The molecule has 2 N–H and O–H groups in total. The Morgan fingerprint density at radius 2 is 0.770 bits per heavy atom. The van der Waals surface area contributed by atoms with E-state index in [4.69, 9.17) is 33.2 Å². The number of esters is 6. The van der Waals surface area contributed by atoms with Crippen molar-refractivity contribution in [3.63, 3.8) is 0 Å². The lowest BCUT2D eigenvalue weighted by atomic mass is 9.96. The van der Waals surface area contributed by atoms with Crippen LogP contribution in [0.15, 0.2) is 182 Å². The number of benzene rings is 7. The minimum atomic E-state index is -0.501. The van der Waals surface area contributed by atoms with Crippen LogP contribution < -0.4 is 20.1 Å². The number of ether oxygens (including phenoxy) is 7. The first-order chi connectivity index (χ1) is 59.3. The molecule has 1 aliphatic carbocycles. The van der Waals surface area contributed by atoms with Crippen LogP contribution in [0.4, 0.5) is 5.69 Å². The minimum absolute atomic E-state index is 0.111. The summed E-state index contributed by atoms with van der Waals surface area (Å²) in [5, 5.41) is 6.09. The van der Waals surface area contributed by atoms with E-state index in [1.165, 1.54) is 113 Å². The molecule has 3 aliphatic heterocycles. The molecule has 7 aromatic carbocycles. The highest BCUT2D eigenvalue weighted by Crippen LogP contribution is 2.33. The summed E-state index contributed by atoms with van der Waals surface area (Å²) in [6.45, 7) is 28.9. The Morgan fingerprint density at radius 3 is 1.22 bits per heavy atom. The number of aromatic nitrogens is 2. The molecule has 0 atom stereocenters. The van der Waals surface area contributed by atoms with Crippen molar-refractivity contribution in [2.75, 3.05) is 117 Å². The van der Waals surface area contributed by atoms with Gasteiger partial charge in [-0.05, 0) is 192 Å². The van der Waals surface area contributed by atoms with Gasteiger partial charge in [0.15, 0.2) is 19.3 Å². The number of hydrogen-bond acceptors (Lipinski definition) is 15. The molecule has 0 unspecified atom stereocenters. The van der Waals surface area contributed by atoms with Crippen LogP contribution >= 0.6 is 0 Å². The maximum Gasteiger partial charge on any atom is 0.340 e. The predicted octanol–water partition coefficient (Wildman–Crippen LogP) is 17.8. The van der Waals surface area contributed by atoms with Crippen LogP contribution in [0.25, 0.3) is 0 Å². The number of hydrogen-bond donors (Lipinski definition) is 2. The van der Waals surface area contributed by atoms with E-state index in [-0.39, 0.29) is 61.5 Å². The molecule has 4 heterocycles. The number of amides is 2. The third kappa shape index (κ3) is 28.7. The standard InChI is InChI=1S/C26H34N2O4.C26H34N2O3.C26H34NO4.C22H29N2O4/c1-3-31-23-16-12-15-22(26(30)32-4-2)25(23)27-24(29)20-28(17-10-5-6-11-18-28)19-21-13-8-7-9-14-21;1-3-31-26(30)23-15-11-12-21(2)24(23)25(29)27-16-19-28(17-9-4-5-10-18-28)20-22-13-7-6-8-14-22;1-3-30-25(28)23-15-11-12-21(2)24(23)26(29)31-19-18-27(16-9-4-5-10-17-27)20-22-13-7-6-8-14-22;1-3-27-21(25)19-12-7-9-17(2)20(19)22(26)28-16-15-23-13-8-14-24(23)18-10-5-4-6-11-18/h7-9,12-16H,3-6,10-11,17-20H2,1-2H3;2*6-8,11-15H,3-5,9-10,16-20H2,1-2H3;7-9,12-14,18H,3-6,10-11,15-16H2,1-2H3/q;;2*+1/p+2. The summed E-state index contributed by atoms with van der Waals surface area (Å²) in [6.07, 6.45) is 24.9. The van der Waals surface area contributed by atoms with Crippen LogP contribution in [0.2, 0.25) is 0 Å². The SMILES string of the molecule is CCOC(=O)c1cccc(C)c1C(=O)NCC[N+]1(Cc2ccccc2)CCCCCC1.CCOC(=O)c1cccc(C)c1C(=O)OCC[N+]1(Cc2ccccc2)CCCCCC1.CCOC(=O)c1cccc(C)c1C(=O)OCC[n+]1cccn1C1CCCCC1.CCOC(=O)c1cccc(OCC)c1NC(=O)C[N+]1(Cc2ccccc2)CCCCCC1. The number of likely N-dealkylation sites (tertiary alicyclic amines) is 3. The molecule has 4 aliphatic rings. The first kappa shape index (κ1) is 95.0. The number of carbonyl (C=O) groups excluding carboxylic acids is 8. The normalized spacial score (nSPS) is 15.4. The van der Waals surface area contributed by atoms with Gasteiger partial charge in [0.05, 0.1) is 142 Å². The smallest absolute Gasteiger partial charge is 0.340 e. The van der Waals surface area contributed by atoms with Gasteiger partial charge in [-0.1, -0.05) is 153 Å². The van der Waals surface area contributed by atoms with E-state index in [0.29, 0.717) is 78.1 Å². The second-order valence-electron chi connectivity index (χ2n) is 32.5. The van der Waals surface area contributed by atoms with Crippen LogP contribution in [0.3, 0.4) is 0 Å². The van der Waals surface area contributed by atoms with Crippen molar-refractivity contribution in [2.45, 2.75) is 197 Å². The van der Waals surface area contributed by atoms with Gasteiger partial charge < -0.3 is 57.2 Å². The molecule has 2 amide bonds. The van der Waals surface area contributed by atoms with Crippen LogP contribution in [-0.2, 0) is 59.4 Å². The molecule has 22 nitrogen and oxygen atoms in total. The Labute approximate surface area is 723 Å². The third-order valence-corrected chi connectivity index (χ3v) is 23.6. The van der Waals surface area contributed by atoms with Gasteiger partial charge in [-0.15, -0.1) is 4.68 Å². The number of quaternary nitrogens is 3. The lowest BCUT2D eigenvalue weighted by molar-refractivity contribution is -0.940. The Bertz CT molecular complexity index is 4470. The summed E-state index contributed by atoms with van der Waals surface area (Å²) in [4.78, 5) is 101. The van der Waals surface area contributed by atoms with E-state index >= 15 is 0 Å². The summed E-state index contributed by atoms with van der Waals surface area (Å²) in [5.74, 6) is -2.67. The Hall–Kier alpha value is -10.8. The van der Waals surface area contributed by atoms with Gasteiger partial charge in [-0.25, -0.2) is 28.8 Å². The zero-order valence-electron chi connectivity index (χ0n) is 73.6. The van der Waals surface area contributed by atoms with Gasteiger partial charge in [0.25, 0.3) is 11.8 Å². The topological polar surface area (TPSA) is 234 Å². The van der Waals surface area contributed by atoms with E-state index in [1.54, 1.807) is 95.3 Å². The largest absolute Gasteiger partial charge is 0.492 e. The molecule has 654 valence electrons. The molecule has 0 bridgehead atoms. The maximum absolute atomic E-state index is 13.3. The molecule has 3 saturated heterocycles. The Morgan fingerprint density at radius 1 is 0.385 bits per heavy atom. The van der Waals surface area contributed by atoms with Gasteiger partial charge in [0.1, 0.15) is 38.5 Å². The highest BCUT2D eigenvalue weighted by Gasteiger charge is 2.36. The zero-order chi connectivity index (χ0) is 87.0. The molecule has 1 aromatic heterocycles. The van der Waals surface area contributed by atoms with Gasteiger partial charge in [0.2, 0.25) is 6.54 Å². The highest BCUT2D eigenvalue weighted by molar-refractivity contribution is 6.07. The number of carbonyl (C=O) groups is 8. The van der Waals surface area contributed by atoms with E-state index in [9.17, 15) is 38.4 Å². The van der Waals surface area contributed by atoms with E-state index in [1.807, 2.05) is 69.4 Å². The van der Waals surface area contributed by atoms with Gasteiger partial charge in [0, 0.05) is 22.8 Å². The van der Waals surface area contributed by atoms with Crippen molar-refractivity contribution >= 4 is 53.3 Å². The number of nitrogens with zero attached hydrogens (tertiary/aromatic N) is 5.